The highest BCUT2D eigenvalue weighted by molar-refractivity contribution is 7.45. The van der Waals surface area contributed by atoms with Crippen LogP contribution in [0.2, 0.25) is 0 Å². The highest BCUT2D eigenvalue weighted by atomic mass is 31.2. The molecule has 0 saturated carbocycles. The number of hydrogen-bond acceptors (Lipinski definition) is 6. The minimum absolute atomic E-state index is 0.00208. The van der Waals surface area contributed by atoms with Gasteiger partial charge in [0.05, 0.1) is 39.9 Å². The monoisotopic (exact) mass is 851 g/mol. The summed E-state index contributed by atoms with van der Waals surface area (Å²) in [4.78, 5) is 25.2. The van der Waals surface area contributed by atoms with E-state index in [0.29, 0.717) is 17.4 Å². The molecule has 0 aromatic heterocycles. The number of aliphatic hydroxyl groups is 1. The van der Waals surface area contributed by atoms with Gasteiger partial charge in [-0.2, -0.15) is 0 Å². The van der Waals surface area contributed by atoms with E-state index >= 15 is 0 Å². The first kappa shape index (κ1) is 57.5. The third-order valence-corrected chi connectivity index (χ3v) is 11.7. The molecule has 0 saturated heterocycles. The van der Waals surface area contributed by atoms with E-state index in [0.717, 1.165) is 57.8 Å². The number of allylic oxidation sites excluding steroid dienone is 7. The fourth-order valence-electron chi connectivity index (χ4n) is 6.86. The molecule has 59 heavy (non-hydrogen) atoms. The number of hydrogen-bond donors (Lipinski definition) is 2. The number of nitrogens with one attached hydrogen (secondary N) is 1. The quantitative estimate of drug-likeness (QED) is 0.0274. The number of rotatable bonds is 44. The lowest BCUT2D eigenvalue weighted by atomic mass is 10.0. The summed E-state index contributed by atoms with van der Waals surface area (Å²) in [6.07, 6.45) is 53.6. The molecule has 1 amide bonds. The molecule has 0 radical (unpaired) electrons. The summed E-state index contributed by atoms with van der Waals surface area (Å²) in [5, 5.41) is 13.6. The van der Waals surface area contributed by atoms with Crippen molar-refractivity contribution in [3.05, 3.63) is 48.6 Å². The molecule has 0 spiro atoms. The van der Waals surface area contributed by atoms with Gasteiger partial charge in [0, 0.05) is 6.42 Å². The van der Waals surface area contributed by atoms with E-state index in [1.807, 2.05) is 27.2 Å². The molecule has 3 atom stereocenters. The highest BCUT2D eigenvalue weighted by Crippen LogP contribution is 2.38. The van der Waals surface area contributed by atoms with E-state index in [4.69, 9.17) is 9.05 Å². The van der Waals surface area contributed by atoms with Crippen LogP contribution in [0.15, 0.2) is 48.6 Å². The normalized spacial score (nSPS) is 14.6. The first-order valence-corrected chi connectivity index (χ1v) is 26.0. The Bertz CT molecular complexity index is 1100. The van der Waals surface area contributed by atoms with Crippen molar-refractivity contribution in [2.45, 2.75) is 225 Å². The number of aliphatic hydroxyl groups excluding tert-OH is 1. The summed E-state index contributed by atoms with van der Waals surface area (Å²) < 4.78 is 23.1. The largest absolute Gasteiger partial charge is 0.756 e. The summed E-state index contributed by atoms with van der Waals surface area (Å²) in [5.74, 6) is -0.204. The van der Waals surface area contributed by atoms with Crippen LogP contribution in [0.1, 0.15) is 213 Å². The SMILES string of the molecule is CCCCCC/C=C/C(O)C(COP(=O)([O-])OCC[N+](C)(C)C)NC(=O)CCCCCCCCCCCCCCCCCC/C=C\C/C=C\C/C=C\CCCCCCC. The Balaban J connectivity index is 3.91. The van der Waals surface area contributed by atoms with E-state index in [9.17, 15) is 19.4 Å². The van der Waals surface area contributed by atoms with E-state index in [2.05, 4.69) is 55.6 Å². The van der Waals surface area contributed by atoms with Crippen molar-refractivity contribution in [1.29, 1.82) is 0 Å². The molecule has 0 aromatic rings. The van der Waals surface area contributed by atoms with Gasteiger partial charge in [0.15, 0.2) is 0 Å². The Morgan fingerprint density at radius 2 is 0.983 bits per heavy atom. The summed E-state index contributed by atoms with van der Waals surface area (Å²) in [6, 6.07) is -0.882. The number of quaternary nitrogens is 1. The lowest BCUT2D eigenvalue weighted by Gasteiger charge is -2.29. The summed E-state index contributed by atoms with van der Waals surface area (Å²) in [6.45, 7) is 4.55. The molecule has 3 unspecified atom stereocenters. The van der Waals surface area contributed by atoms with Crippen LogP contribution in [-0.4, -0.2) is 68.5 Å². The van der Waals surface area contributed by atoms with E-state index in [-0.39, 0.29) is 19.1 Å². The molecule has 0 aliphatic carbocycles. The van der Waals surface area contributed by atoms with E-state index < -0.39 is 20.0 Å². The maximum atomic E-state index is 12.8. The number of unbranched alkanes of at least 4 members (excludes halogenated alkanes) is 25. The smallest absolute Gasteiger partial charge is 0.268 e. The van der Waals surface area contributed by atoms with Crippen molar-refractivity contribution in [3.63, 3.8) is 0 Å². The molecule has 8 nitrogen and oxygen atoms in total. The second-order valence-electron chi connectivity index (χ2n) is 17.8. The van der Waals surface area contributed by atoms with Crippen molar-refractivity contribution in [2.24, 2.45) is 0 Å². The predicted octanol–water partition coefficient (Wildman–Crippen LogP) is 13.4. The predicted molar refractivity (Wildman–Crippen MR) is 251 cm³/mol. The van der Waals surface area contributed by atoms with Crippen LogP contribution in [-0.2, 0) is 18.4 Å². The van der Waals surface area contributed by atoms with Crippen LogP contribution in [0.3, 0.4) is 0 Å². The molecule has 0 aliphatic rings. The molecule has 0 rings (SSSR count). The van der Waals surface area contributed by atoms with Crippen molar-refractivity contribution in [3.8, 4) is 0 Å². The maximum Gasteiger partial charge on any atom is 0.268 e. The third kappa shape index (κ3) is 44.3. The lowest BCUT2D eigenvalue weighted by molar-refractivity contribution is -0.870. The van der Waals surface area contributed by atoms with Gasteiger partial charge in [-0.15, -0.1) is 0 Å². The molecule has 0 aliphatic heterocycles. The molecule has 0 fully saturated rings. The number of nitrogens with zero attached hydrogens (tertiary/aromatic N) is 1. The van der Waals surface area contributed by atoms with Gasteiger partial charge in [-0.25, -0.2) is 0 Å². The maximum absolute atomic E-state index is 12.8. The zero-order valence-electron chi connectivity index (χ0n) is 39.2. The number of carbonyl (C=O) groups excluding carboxylic acids is 1. The average Bonchev–Trinajstić information content (AvgIpc) is 3.19. The van der Waals surface area contributed by atoms with Gasteiger partial charge in [-0.05, 0) is 57.8 Å². The molecule has 9 heteroatoms. The van der Waals surface area contributed by atoms with Gasteiger partial charge in [0.25, 0.3) is 7.82 Å². The van der Waals surface area contributed by atoms with Gasteiger partial charge in [-0.3, -0.25) is 9.36 Å². The number of carbonyl (C=O) groups is 1. The molecule has 2 N–H and O–H groups in total. The zero-order valence-corrected chi connectivity index (χ0v) is 40.1. The van der Waals surface area contributed by atoms with Crippen molar-refractivity contribution >= 4 is 13.7 Å². The van der Waals surface area contributed by atoms with Gasteiger partial charge in [0.1, 0.15) is 13.2 Å². The summed E-state index contributed by atoms with van der Waals surface area (Å²) >= 11 is 0. The molecular formula is C50H95N2O6P. The molecule has 0 bridgehead atoms. The van der Waals surface area contributed by atoms with E-state index in [1.165, 1.54) is 135 Å². The fraction of sp³-hybridized carbons (Fsp3) is 0.820. The second kappa shape index (κ2) is 41.8. The molecule has 0 aromatic carbocycles. The van der Waals surface area contributed by atoms with Gasteiger partial charge >= 0.3 is 0 Å². The molecule has 346 valence electrons. The average molecular weight is 851 g/mol. The highest BCUT2D eigenvalue weighted by Gasteiger charge is 2.23. The Morgan fingerprint density at radius 1 is 0.593 bits per heavy atom. The standard InChI is InChI=1S/C50H95N2O6P/c1-6-8-10-12-14-15-16-17-18-19-20-21-22-23-24-25-26-27-28-29-30-31-32-33-34-35-36-37-38-40-42-44-50(54)51-48(49(53)43-41-39-13-11-9-7-2)47-58-59(55,56)57-46-45-52(3,4)5/h16-17,19-20,22-23,41,43,48-49,53H,6-15,18,21,24-40,42,44-47H2,1-5H3,(H-,51,54,55,56)/b17-16-,20-19-,23-22-,43-41+. The lowest BCUT2D eigenvalue weighted by Crippen LogP contribution is -2.45. The number of phosphoric acid groups is 1. The topological polar surface area (TPSA) is 108 Å². The Hall–Kier alpha value is -1.54. The first-order valence-electron chi connectivity index (χ1n) is 24.5. The van der Waals surface area contributed by atoms with Gasteiger partial charge < -0.3 is 28.8 Å². The third-order valence-electron chi connectivity index (χ3n) is 10.8. The van der Waals surface area contributed by atoms with Crippen LogP contribution in [0.5, 0.6) is 0 Å². The molecular weight excluding hydrogens is 756 g/mol. The minimum atomic E-state index is -4.58. The van der Waals surface area contributed by atoms with Crippen LogP contribution >= 0.6 is 7.82 Å². The summed E-state index contributed by atoms with van der Waals surface area (Å²) in [5.41, 5.74) is 0. The number of amides is 1. The van der Waals surface area contributed by atoms with Crippen LogP contribution < -0.4 is 10.2 Å². The van der Waals surface area contributed by atoms with Crippen molar-refractivity contribution < 1.29 is 32.9 Å². The minimum Gasteiger partial charge on any atom is -0.756 e. The first-order chi connectivity index (χ1) is 28.5. The zero-order chi connectivity index (χ0) is 43.6. The second-order valence-corrected chi connectivity index (χ2v) is 19.2. The summed E-state index contributed by atoms with van der Waals surface area (Å²) in [7, 11) is 1.26. The fourth-order valence-corrected chi connectivity index (χ4v) is 7.59. The Morgan fingerprint density at radius 3 is 1.44 bits per heavy atom. The van der Waals surface area contributed by atoms with Crippen LogP contribution in [0.25, 0.3) is 0 Å². The van der Waals surface area contributed by atoms with Crippen molar-refractivity contribution in [1.82, 2.24) is 5.32 Å². The molecule has 0 heterocycles. The van der Waals surface area contributed by atoms with Crippen LogP contribution in [0, 0.1) is 0 Å². The number of likely N-dealkylation sites (N-methyl/N-ethyl adjacent to an activating group) is 1. The Labute approximate surface area is 365 Å². The number of phosphoric ester groups is 1. The van der Waals surface area contributed by atoms with Gasteiger partial charge in [-0.1, -0.05) is 197 Å². The van der Waals surface area contributed by atoms with Crippen molar-refractivity contribution in [2.75, 3.05) is 40.9 Å². The van der Waals surface area contributed by atoms with Crippen LogP contribution in [0.4, 0.5) is 0 Å². The Kier molecular flexibility index (Phi) is 40.7. The van der Waals surface area contributed by atoms with Gasteiger partial charge in [0.2, 0.25) is 5.91 Å². The van der Waals surface area contributed by atoms with E-state index in [1.54, 1.807) is 6.08 Å².